The van der Waals surface area contributed by atoms with Crippen molar-refractivity contribution in [3.8, 4) is 28.3 Å². The standard InChI is InChI=1S/C32H36N4O4/c1-32(2,3)40-28(37)22-36-34-29(24-16-18-27(39-4)19-17-24)30(35-36)25-14-10-15-26(21-25)31(38)33-20-9-8-13-23-11-6-5-7-12-23/h5-7,10-12,14-19,21H,8-9,13,20,22H2,1-4H3,(H,33,38). The van der Waals surface area contributed by atoms with Crippen LogP contribution in [0.1, 0.15) is 49.5 Å². The Morgan fingerprint density at radius 1 is 0.850 bits per heavy atom. The largest absolute Gasteiger partial charge is 0.497 e. The maximum absolute atomic E-state index is 12.9. The highest BCUT2D eigenvalue weighted by Gasteiger charge is 2.21. The molecule has 0 aliphatic rings. The van der Waals surface area contributed by atoms with Crippen LogP contribution in [0.5, 0.6) is 5.75 Å². The smallest absolute Gasteiger partial charge is 0.330 e. The third-order valence-electron chi connectivity index (χ3n) is 6.13. The molecule has 1 heterocycles. The number of benzene rings is 3. The zero-order valence-electron chi connectivity index (χ0n) is 23.5. The Kier molecular flexibility index (Phi) is 9.32. The van der Waals surface area contributed by atoms with Crippen LogP contribution in [0.25, 0.3) is 22.5 Å². The molecule has 0 fully saturated rings. The van der Waals surface area contributed by atoms with Crippen molar-refractivity contribution in [2.45, 2.75) is 52.2 Å². The number of aromatic nitrogens is 3. The maximum Gasteiger partial charge on any atom is 0.330 e. The van der Waals surface area contributed by atoms with Gasteiger partial charge in [-0.05, 0) is 82.0 Å². The summed E-state index contributed by atoms with van der Waals surface area (Å²) in [5.41, 5.74) is 3.89. The van der Waals surface area contributed by atoms with E-state index >= 15 is 0 Å². The summed E-state index contributed by atoms with van der Waals surface area (Å²) >= 11 is 0. The lowest BCUT2D eigenvalue weighted by Gasteiger charge is -2.19. The molecule has 0 saturated heterocycles. The monoisotopic (exact) mass is 540 g/mol. The van der Waals surface area contributed by atoms with Crippen molar-refractivity contribution in [2.24, 2.45) is 0 Å². The number of nitrogens with zero attached hydrogens (tertiary/aromatic N) is 3. The van der Waals surface area contributed by atoms with Gasteiger partial charge in [0, 0.05) is 23.2 Å². The lowest BCUT2D eigenvalue weighted by Crippen LogP contribution is -2.27. The first-order chi connectivity index (χ1) is 19.2. The fraction of sp³-hybridized carbons (Fsp3) is 0.312. The summed E-state index contributed by atoms with van der Waals surface area (Å²) in [4.78, 5) is 26.8. The van der Waals surface area contributed by atoms with Gasteiger partial charge in [-0.1, -0.05) is 42.5 Å². The number of ether oxygens (including phenoxy) is 2. The van der Waals surface area contributed by atoms with Crippen LogP contribution in [0.4, 0.5) is 0 Å². The van der Waals surface area contributed by atoms with E-state index in [0.29, 0.717) is 29.2 Å². The lowest BCUT2D eigenvalue weighted by atomic mass is 10.0. The van der Waals surface area contributed by atoms with Gasteiger partial charge in [-0.15, -0.1) is 0 Å². The van der Waals surface area contributed by atoms with Gasteiger partial charge in [0.1, 0.15) is 22.7 Å². The predicted molar refractivity (Wildman–Crippen MR) is 155 cm³/mol. The summed E-state index contributed by atoms with van der Waals surface area (Å²) < 4.78 is 10.7. The molecule has 0 bridgehead atoms. The molecule has 0 saturated carbocycles. The van der Waals surface area contributed by atoms with Crippen LogP contribution in [0, 0.1) is 0 Å². The number of carbonyl (C=O) groups excluding carboxylic acids is 2. The SMILES string of the molecule is COc1ccc(-c2nn(CC(=O)OC(C)(C)C)nc2-c2cccc(C(=O)NCCCCc3ccccc3)c2)cc1. The first-order valence-electron chi connectivity index (χ1n) is 13.5. The predicted octanol–water partition coefficient (Wildman–Crippen LogP) is 5.72. The highest BCUT2D eigenvalue weighted by Crippen LogP contribution is 2.30. The fourth-order valence-corrected chi connectivity index (χ4v) is 4.26. The van der Waals surface area contributed by atoms with Crippen molar-refractivity contribution >= 4 is 11.9 Å². The van der Waals surface area contributed by atoms with E-state index in [2.05, 4.69) is 27.6 Å². The first kappa shape index (κ1) is 28.5. The molecular formula is C32H36N4O4. The van der Waals surface area contributed by atoms with Gasteiger partial charge in [-0.25, -0.2) is 4.79 Å². The van der Waals surface area contributed by atoms with Crippen LogP contribution in [0.15, 0.2) is 78.9 Å². The molecule has 0 unspecified atom stereocenters. The number of amides is 1. The van der Waals surface area contributed by atoms with Crippen molar-refractivity contribution in [1.29, 1.82) is 0 Å². The minimum Gasteiger partial charge on any atom is -0.497 e. The van der Waals surface area contributed by atoms with Crippen LogP contribution < -0.4 is 10.1 Å². The minimum absolute atomic E-state index is 0.135. The van der Waals surface area contributed by atoms with Gasteiger partial charge in [-0.2, -0.15) is 15.0 Å². The van der Waals surface area contributed by atoms with Crippen molar-refractivity contribution in [2.75, 3.05) is 13.7 Å². The van der Waals surface area contributed by atoms with E-state index in [9.17, 15) is 9.59 Å². The van der Waals surface area contributed by atoms with Gasteiger partial charge in [0.15, 0.2) is 6.54 Å². The zero-order valence-corrected chi connectivity index (χ0v) is 23.5. The molecule has 0 radical (unpaired) electrons. The first-order valence-corrected chi connectivity index (χ1v) is 13.5. The number of esters is 1. The van der Waals surface area contributed by atoms with Crippen molar-refractivity contribution in [3.05, 3.63) is 90.0 Å². The third kappa shape index (κ3) is 8.02. The molecule has 3 aromatic carbocycles. The lowest BCUT2D eigenvalue weighted by molar-refractivity contribution is -0.156. The molecule has 0 spiro atoms. The van der Waals surface area contributed by atoms with E-state index < -0.39 is 11.6 Å². The molecule has 0 atom stereocenters. The maximum atomic E-state index is 12.9. The highest BCUT2D eigenvalue weighted by molar-refractivity contribution is 5.95. The third-order valence-corrected chi connectivity index (χ3v) is 6.13. The fourth-order valence-electron chi connectivity index (χ4n) is 4.26. The Morgan fingerprint density at radius 2 is 1.55 bits per heavy atom. The van der Waals surface area contributed by atoms with Crippen LogP contribution >= 0.6 is 0 Å². The molecule has 40 heavy (non-hydrogen) atoms. The van der Waals surface area contributed by atoms with E-state index in [1.807, 2.05) is 75.4 Å². The molecular weight excluding hydrogens is 504 g/mol. The normalized spacial score (nSPS) is 11.2. The molecule has 8 nitrogen and oxygen atoms in total. The summed E-state index contributed by atoms with van der Waals surface area (Å²) in [6.07, 6.45) is 2.87. The summed E-state index contributed by atoms with van der Waals surface area (Å²) in [5.74, 6) is 0.137. The van der Waals surface area contributed by atoms with Crippen LogP contribution in [0.3, 0.4) is 0 Å². The van der Waals surface area contributed by atoms with E-state index in [1.165, 1.54) is 10.4 Å². The molecule has 0 aliphatic heterocycles. The molecule has 1 amide bonds. The van der Waals surface area contributed by atoms with Gasteiger partial charge < -0.3 is 14.8 Å². The highest BCUT2D eigenvalue weighted by atomic mass is 16.6. The molecule has 0 aliphatic carbocycles. The molecule has 1 N–H and O–H groups in total. The second-order valence-electron chi connectivity index (χ2n) is 10.5. The Balaban J connectivity index is 1.50. The number of hydrogen-bond acceptors (Lipinski definition) is 6. The van der Waals surface area contributed by atoms with Crippen molar-refractivity contribution in [1.82, 2.24) is 20.3 Å². The molecule has 208 valence electrons. The number of rotatable bonds is 11. The second kappa shape index (κ2) is 13.1. The Labute approximate surface area is 235 Å². The minimum atomic E-state index is -0.616. The topological polar surface area (TPSA) is 95.3 Å². The number of nitrogens with one attached hydrogen (secondary N) is 1. The Bertz CT molecular complexity index is 1420. The summed E-state index contributed by atoms with van der Waals surface area (Å²) in [7, 11) is 1.61. The van der Waals surface area contributed by atoms with E-state index in [4.69, 9.17) is 9.47 Å². The van der Waals surface area contributed by atoms with Gasteiger partial charge >= 0.3 is 5.97 Å². The molecule has 4 aromatic rings. The number of carbonyl (C=O) groups is 2. The Morgan fingerprint density at radius 3 is 2.23 bits per heavy atom. The summed E-state index contributed by atoms with van der Waals surface area (Å²) in [5, 5.41) is 12.3. The molecule has 8 heteroatoms. The average Bonchev–Trinajstić information content (AvgIpc) is 3.36. The van der Waals surface area contributed by atoms with Crippen molar-refractivity contribution in [3.63, 3.8) is 0 Å². The number of hydrogen-bond donors (Lipinski definition) is 1. The van der Waals surface area contributed by atoms with Crippen LogP contribution in [0.2, 0.25) is 0 Å². The van der Waals surface area contributed by atoms with E-state index in [1.54, 1.807) is 19.2 Å². The average molecular weight is 541 g/mol. The Hall–Kier alpha value is -4.46. The quantitative estimate of drug-likeness (QED) is 0.193. The summed E-state index contributed by atoms with van der Waals surface area (Å²) in [6, 6.07) is 25.1. The van der Waals surface area contributed by atoms with Crippen LogP contribution in [-0.2, 0) is 22.5 Å². The number of aryl methyl sites for hydroxylation is 1. The number of unbranched alkanes of at least 4 members (excludes halogenated alkanes) is 1. The van der Waals surface area contributed by atoms with Crippen LogP contribution in [-0.4, -0.2) is 46.1 Å². The molecule has 4 rings (SSSR count). The second-order valence-corrected chi connectivity index (χ2v) is 10.5. The molecule has 1 aromatic heterocycles. The van der Waals surface area contributed by atoms with E-state index in [0.717, 1.165) is 30.4 Å². The zero-order chi connectivity index (χ0) is 28.5. The van der Waals surface area contributed by atoms with Gasteiger partial charge in [-0.3, -0.25) is 4.79 Å². The van der Waals surface area contributed by atoms with Gasteiger partial charge in [0.05, 0.1) is 7.11 Å². The van der Waals surface area contributed by atoms with E-state index in [-0.39, 0.29) is 12.5 Å². The van der Waals surface area contributed by atoms with Gasteiger partial charge in [0.2, 0.25) is 0 Å². The van der Waals surface area contributed by atoms with Crippen molar-refractivity contribution < 1.29 is 19.1 Å². The number of methoxy groups -OCH3 is 1. The van der Waals surface area contributed by atoms with Gasteiger partial charge in [0.25, 0.3) is 5.91 Å². The summed E-state index contributed by atoms with van der Waals surface area (Å²) in [6.45, 7) is 5.91.